The van der Waals surface area contributed by atoms with Crippen LogP contribution in [0.1, 0.15) is 48.9 Å². The molecule has 1 aromatic rings. The second kappa shape index (κ2) is 6.38. The van der Waals surface area contributed by atoms with Gasteiger partial charge >= 0.3 is 0 Å². The molecule has 1 aliphatic carbocycles. The van der Waals surface area contributed by atoms with Gasteiger partial charge in [0, 0.05) is 18.8 Å². The average Bonchev–Trinajstić information content (AvgIpc) is 2.88. The van der Waals surface area contributed by atoms with E-state index < -0.39 is 0 Å². The first-order valence-electron chi connectivity index (χ1n) is 6.72. The molecule has 2 rings (SSSR count). The molecule has 0 atom stereocenters. The number of hydrogen-bond donors (Lipinski definition) is 2. The lowest BCUT2D eigenvalue weighted by Gasteiger charge is -2.09. The van der Waals surface area contributed by atoms with E-state index in [1.807, 2.05) is 0 Å². The van der Waals surface area contributed by atoms with Gasteiger partial charge in [0.15, 0.2) is 0 Å². The third kappa shape index (κ3) is 3.72. The Hall–Kier alpha value is -1.58. The molecule has 2 N–H and O–H groups in total. The summed E-state index contributed by atoms with van der Waals surface area (Å²) >= 11 is 0. The van der Waals surface area contributed by atoms with Gasteiger partial charge in [0.1, 0.15) is 0 Å². The molecular formula is C14H20N2O2. The zero-order valence-electron chi connectivity index (χ0n) is 10.6. The maximum atomic E-state index is 11.7. The van der Waals surface area contributed by atoms with Gasteiger partial charge in [-0.1, -0.05) is 25.7 Å². The minimum Gasteiger partial charge on any atom is -0.352 e. The van der Waals surface area contributed by atoms with E-state index in [4.69, 9.17) is 0 Å². The average molecular weight is 248 g/mol. The Kier molecular flexibility index (Phi) is 4.56. The number of hydrogen-bond acceptors (Lipinski definition) is 2. The number of carbonyl (C=O) groups excluding carboxylic acids is 1. The molecule has 0 aromatic carbocycles. The van der Waals surface area contributed by atoms with Crippen LogP contribution in [0.25, 0.3) is 0 Å². The van der Waals surface area contributed by atoms with Gasteiger partial charge in [0.2, 0.25) is 5.56 Å². The van der Waals surface area contributed by atoms with Crippen molar-refractivity contribution in [2.24, 2.45) is 5.92 Å². The van der Waals surface area contributed by atoms with Gasteiger partial charge in [-0.15, -0.1) is 0 Å². The molecule has 98 valence electrons. The van der Waals surface area contributed by atoms with Crippen molar-refractivity contribution in [3.05, 3.63) is 34.2 Å². The first kappa shape index (κ1) is 12.9. The third-order valence-corrected chi connectivity index (χ3v) is 3.60. The van der Waals surface area contributed by atoms with E-state index in [2.05, 4.69) is 10.3 Å². The van der Waals surface area contributed by atoms with Crippen molar-refractivity contribution in [1.29, 1.82) is 0 Å². The molecule has 1 aliphatic rings. The van der Waals surface area contributed by atoms with Crippen molar-refractivity contribution in [2.75, 3.05) is 6.54 Å². The molecule has 1 heterocycles. The maximum absolute atomic E-state index is 11.7. The molecule has 1 amide bonds. The van der Waals surface area contributed by atoms with Gasteiger partial charge in [-0.25, -0.2) is 0 Å². The van der Waals surface area contributed by atoms with Crippen LogP contribution in [-0.4, -0.2) is 17.4 Å². The number of nitrogens with one attached hydrogen (secondary N) is 2. The molecule has 4 nitrogen and oxygen atoms in total. The van der Waals surface area contributed by atoms with Crippen LogP contribution in [0.15, 0.2) is 23.1 Å². The zero-order valence-corrected chi connectivity index (χ0v) is 10.6. The molecule has 0 saturated heterocycles. The van der Waals surface area contributed by atoms with E-state index in [9.17, 15) is 9.59 Å². The molecule has 0 bridgehead atoms. The van der Waals surface area contributed by atoms with E-state index >= 15 is 0 Å². The fourth-order valence-electron chi connectivity index (χ4n) is 2.55. The van der Waals surface area contributed by atoms with Crippen LogP contribution in [0.5, 0.6) is 0 Å². The maximum Gasteiger partial charge on any atom is 0.252 e. The van der Waals surface area contributed by atoms with Gasteiger partial charge in [0.05, 0.1) is 5.56 Å². The lowest BCUT2D eigenvalue weighted by molar-refractivity contribution is 0.0952. The highest BCUT2D eigenvalue weighted by molar-refractivity contribution is 5.93. The Morgan fingerprint density at radius 1 is 1.33 bits per heavy atom. The Labute approximate surface area is 107 Å². The zero-order chi connectivity index (χ0) is 12.8. The molecule has 0 spiro atoms. The molecule has 18 heavy (non-hydrogen) atoms. The van der Waals surface area contributed by atoms with Crippen molar-refractivity contribution < 1.29 is 4.79 Å². The van der Waals surface area contributed by atoms with E-state index in [1.165, 1.54) is 44.4 Å². The minimum absolute atomic E-state index is 0.113. The van der Waals surface area contributed by atoms with Crippen molar-refractivity contribution >= 4 is 5.91 Å². The number of H-pyrrole nitrogens is 1. The van der Waals surface area contributed by atoms with Crippen molar-refractivity contribution in [3.8, 4) is 0 Å². The van der Waals surface area contributed by atoms with Crippen LogP contribution in [-0.2, 0) is 0 Å². The number of carbonyl (C=O) groups is 1. The quantitative estimate of drug-likeness (QED) is 0.784. The summed E-state index contributed by atoms with van der Waals surface area (Å²) in [6.45, 7) is 0.717. The molecule has 1 aromatic heterocycles. The van der Waals surface area contributed by atoms with Crippen molar-refractivity contribution in [1.82, 2.24) is 10.3 Å². The topological polar surface area (TPSA) is 62.0 Å². The number of pyridine rings is 1. The SMILES string of the molecule is O=C(NCCCC1CCCC1)c1ccc(=O)[nH]c1. The van der Waals surface area contributed by atoms with Crippen molar-refractivity contribution in [3.63, 3.8) is 0 Å². The van der Waals surface area contributed by atoms with Crippen LogP contribution in [0.3, 0.4) is 0 Å². The van der Waals surface area contributed by atoms with Gasteiger partial charge in [-0.05, 0) is 24.8 Å². The summed E-state index contributed by atoms with van der Waals surface area (Å²) in [7, 11) is 0. The minimum atomic E-state index is -0.187. The first-order chi connectivity index (χ1) is 8.75. The highest BCUT2D eigenvalue weighted by Gasteiger charge is 2.14. The second-order valence-electron chi connectivity index (χ2n) is 4.99. The molecule has 0 aliphatic heterocycles. The third-order valence-electron chi connectivity index (χ3n) is 3.60. The Bertz CT molecular complexity index is 427. The van der Waals surface area contributed by atoms with Crippen molar-refractivity contribution in [2.45, 2.75) is 38.5 Å². The molecule has 0 unspecified atom stereocenters. The normalized spacial score (nSPS) is 15.8. The number of aromatic nitrogens is 1. The van der Waals surface area contributed by atoms with E-state index in [1.54, 1.807) is 6.07 Å². The van der Waals surface area contributed by atoms with Gasteiger partial charge in [-0.2, -0.15) is 0 Å². The van der Waals surface area contributed by atoms with Crippen LogP contribution in [0.2, 0.25) is 0 Å². The summed E-state index contributed by atoms with van der Waals surface area (Å²) in [5, 5.41) is 2.88. The van der Waals surface area contributed by atoms with Crippen LogP contribution in [0, 0.1) is 5.92 Å². The number of amides is 1. The van der Waals surface area contributed by atoms with Crippen LogP contribution >= 0.6 is 0 Å². The van der Waals surface area contributed by atoms with E-state index in [-0.39, 0.29) is 11.5 Å². The highest BCUT2D eigenvalue weighted by Crippen LogP contribution is 2.28. The fourth-order valence-corrected chi connectivity index (χ4v) is 2.55. The first-order valence-corrected chi connectivity index (χ1v) is 6.72. The molecule has 1 saturated carbocycles. The summed E-state index contributed by atoms with van der Waals surface area (Å²) in [5.41, 5.74) is 0.322. The summed E-state index contributed by atoms with van der Waals surface area (Å²) in [6.07, 6.45) is 9.16. The second-order valence-corrected chi connectivity index (χ2v) is 4.99. The monoisotopic (exact) mass is 248 g/mol. The van der Waals surface area contributed by atoms with E-state index in [0.29, 0.717) is 12.1 Å². The Morgan fingerprint density at radius 3 is 2.78 bits per heavy atom. The van der Waals surface area contributed by atoms with E-state index in [0.717, 1.165) is 12.3 Å². The predicted octanol–water partition coefficient (Wildman–Crippen LogP) is 2.08. The summed E-state index contributed by atoms with van der Waals surface area (Å²) < 4.78 is 0. The predicted molar refractivity (Wildman–Crippen MR) is 70.6 cm³/mol. The molecule has 0 radical (unpaired) electrons. The molecular weight excluding hydrogens is 228 g/mol. The largest absolute Gasteiger partial charge is 0.352 e. The summed E-state index contributed by atoms with van der Waals surface area (Å²) in [4.78, 5) is 25.1. The standard InChI is InChI=1S/C14H20N2O2/c17-13-8-7-12(10-16-13)14(18)15-9-3-6-11-4-1-2-5-11/h7-8,10-11H,1-6,9H2,(H,15,18)(H,16,17). The molecule has 1 fully saturated rings. The van der Waals surface area contributed by atoms with Crippen LogP contribution < -0.4 is 10.9 Å². The van der Waals surface area contributed by atoms with Gasteiger partial charge < -0.3 is 10.3 Å². The lowest BCUT2D eigenvalue weighted by atomic mass is 10.0. The van der Waals surface area contributed by atoms with Gasteiger partial charge in [0.25, 0.3) is 5.91 Å². The fraction of sp³-hybridized carbons (Fsp3) is 0.571. The molecule has 4 heteroatoms. The van der Waals surface area contributed by atoms with Gasteiger partial charge in [-0.3, -0.25) is 9.59 Å². The number of rotatable bonds is 5. The Balaban J connectivity index is 1.68. The highest BCUT2D eigenvalue weighted by atomic mass is 16.1. The van der Waals surface area contributed by atoms with Crippen LogP contribution in [0.4, 0.5) is 0 Å². The smallest absolute Gasteiger partial charge is 0.252 e. The number of aromatic amines is 1. The lowest BCUT2D eigenvalue weighted by Crippen LogP contribution is -2.25. The summed E-state index contributed by atoms with van der Waals surface area (Å²) in [5.74, 6) is 0.757. The Morgan fingerprint density at radius 2 is 2.11 bits per heavy atom. The summed E-state index contributed by atoms with van der Waals surface area (Å²) in [6, 6.07) is 2.92.